The molecule has 0 saturated heterocycles. The largest absolute Gasteiger partial charge is 0.378 e. The van der Waals surface area contributed by atoms with E-state index in [0.717, 1.165) is 49.0 Å². The molecular weight excluding hydrogens is 371 g/mol. The number of alkyl halides is 1. The zero-order valence-corrected chi connectivity index (χ0v) is 20.0. The number of rotatable bonds is 10. The SMILES string of the molecule is CCCOC1CCC(C2CCC([C@H]3CC[C@H](CC/C=C/C(F)CC)CC3)CC2)CC1. The summed E-state index contributed by atoms with van der Waals surface area (Å²) in [5.41, 5.74) is 0. The minimum atomic E-state index is -0.736. The van der Waals surface area contributed by atoms with Crippen molar-refractivity contribution in [3.63, 3.8) is 0 Å². The Bertz CT molecular complexity index is 465. The number of allylic oxidation sites excluding steroid dienone is 2. The van der Waals surface area contributed by atoms with Crippen LogP contribution in [0.4, 0.5) is 4.39 Å². The molecule has 0 N–H and O–H groups in total. The van der Waals surface area contributed by atoms with Crippen molar-refractivity contribution in [2.24, 2.45) is 29.6 Å². The van der Waals surface area contributed by atoms with E-state index in [0.29, 0.717) is 12.5 Å². The third-order valence-electron chi connectivity index (χ3n) is 8.79. The molecule has 0 bridgehead atoms. The van der Waals surface area contributed by atoms with Crippen molar-refractivity contribution in [1.82, 2.24) is 0 Å². The molecule has 0 aromatic heterocycles. The Labute approximate surface area is 186 Å². The first-order valence-corrected chi connectivity index (χ1v) is 13.6. The summed E-state index contributed by atoms with van der Waals surface area (Å²) in [5.74, 6) is 4.92. The molecule has 174 valence electrons. The first-order valence-electron chi connectivity index (χ1n) is 13.6. The van der Waals surface area contributed by atoms with Crippen molar-refractivity contribution in [3.05, 3.63) is 12.2 Å². The normalized spacial score (nSPS) is 36.8. The predicted molar refractivity (Wildman–Crippen MR) is 126 cm³/mol. The smallest absolute Gasteiger partial charge is 0.118 e. The molecule has 2 heteroatoms. The van der Waals surface area contributed by atoms with Gasteiger partial charge in [0, 0.05) is 6.61 Å². The van der Waals surface area contributed by atoms with Crippen LogP contribution >= 0.6 is 0 Å². The summed E-state index contributed by atoms with van der Waals surface area (Å²) in [6.45, 7) is 5.08. The van der Waals surface area contributed by atoms with Gasteiger partial charge in [-0.15, -0.1) is 0 Å². The lowest BCUT2D eigenvalue weighted by atomic mass is 9.65. The highest BCUT2D eigenvalue weighted by Crippen LogP contribution is 2.45. The van der Waals surface area contributed by atoms with Gasteiger partial charge in [-0.25, -0.2) is 4.39 Å². The Hall–Kier alpha value is -0.370. The molecular formula is C28H49FO. The zero-order valence-electron chi connectivity index (χ0n) is 20.0. The Morgan fingerprint density at radius 1 is 0.767 bits per heavy atom. The van der Waals surface area contributed by atoms with Crippen LogP contribution in [0.15, 0.2) is 12.2 Å². The van der Waals surface area contributed by atoms with Crippen LogP contribution in [0, 0.1) is 29.6 Å². The van der Waals surface area contributed by atoms with Crippen LogP contribution in [-0.2, 0) is 4.74 Å². The first-order chi connectivity index (χ1) is 14.7. The second-order valence-electron chi connectivity index (χ2n) is 10.8. The van der Waals surface area contributed by atoms with E-state index in [1.165, 1.54) is 83.5 Å². The molecule has 3 fully saturated rings. The topological polar surface area (TPSA) is 9.23 Å². The van der Waals surface area contributed by atoms with Crippen molar-refractivity contribution >= 4 is 0 Å². The summed E-state index contributed by atoms with van der Waals surface area (Å²) in [6, 6.07) is 0. The Morgan fingerprint density at radius 3 is 1.77 bits per heavy atom. The molecule has 0 amide bonds. The predicted octanol–water partition coefficient (Wildman–Crippen LogP) is 8.67. The lowest BCUT2D eigenvalue weighted by Gasteiger charge is -2.41. The van der Waals surface area contributed by atoms with E-state index in [4.69, 9.17) is 4.74 Å². The molecule has 0 aliphatic heterocycles. The molecule has 1 nitrogen and oxygen atoms in total. The summed E-state index contributed by atoms with van der Waals surface area (Å²) in [7, 11) is 0. The number of hydrogen-bond acceptors (Lipinski definition) is 1. The van der Waals surface area contributed by atoms with E-state index in [-0.39, 0.29) is 0 Å². The van der Waals surface area contributed by atoms with Gasteiger partial charge in [0.2, 0.25) is 0 Å². The van der Waals surface area contributed by atoms with E-state index in [2.05, 4.69) is 13.0 Å². The average molecular weight is 421 g/mol. The monoisotopic (exact) mass is 420 g/mol. The third-order valence-corrected chi connectivity index (χ3v) is 8.79. The van der Waals surface area contributed by atoms with Crippen LogP contribution in [0.1, 0.15) is 117 Å². The van der Waals surface area contributed by atoms with Gasteiger partial charge in [-0.2, -0.15) is 0 Å². The van der Waals surface area contributed by atoms with Gasteiger partial charge >= 0.3 is 0 Å². The molecule has 1 atom stereocenters. The number of halogens is 1. The maximum absolute atomic E-state index is 13.3. The fourth-order valence-corrected chi connectivity index (χ4v) is 6.76. The second kappa shape index (κ2) is 13.2. The molecule has 0 aromatic carbocycles. The van der Waals surface area contributed by atoms with Crippen molar-refractivity contribution in [2.45, 2.75) is 129 Å². The van der Waals surface area contributed by atoms with Crippen molar-refractivity contribution in [2.75, 3.05) is 6.61 Å². The summed E-state index contributed by atoms with van der Waals surface area (Å²) < 4.78 is 19.3. The van der Waals surface area contributed by atoms with E-state index in [9.17, 15) is 4.39 Å². The first kappa shape index (κ1) is 24.3. The highest BCUT2D eigenvalue weighted by atomic mass is 19.1. The fraction of sp³-hybridized carbons (Fsp3) is 0.929. The van der Waals surface area contributed by atoms with Crippen LogP contribution in [0.5, 0.6) is 0 Å². The van der Waals surface area contributed by atoms with Gasteiger partial charge in [0.25, 0.3) is 0 Å². The highest BCUT2D eigenvalue weighted by Gasteiger charge is 2.34. The van der Waals surface area contributed by atoms with Gasteiger partial charge in [0.1, 0.15) is 6.17 Å². The second-order valence-corrected chi connectivity index (χ2v) is 10.8. The maximum Gasteiger partial charge on any atom is 0.118 e. The molecule has 0 heterocycles. The highest BCUT2D eigenvalue weighted by molar-refractivity contribution is 4.90. The van der Waals surface area contributed by atoms with Gasteiger partial charge < -0.3 is 4.74 Å². The van der Waals surface area contributed by atoms with Crippen molar-refractivity contribution in [1.29, 1.82) is 0 Å². The lowest BCUT2D eigenvalue weighted by Crippen LogP contribution is -2.31. The summed E-state index contributed by atoms with van der Waals surface area (Å²) >= 11 is 0. The molecule has 3 saturated carbocycles. The molecule has 3 aliphatic rings. The molecule has 3 rings (SSSR count). The van der Waals surface area contributed by atoms with E-state index in [1.54, 1.807) is 6.08 Å². The molecule has 0 radical (unpaired) electrons. The summed E-state index contributed by atoms with van der Waals surface area (Å²) in [4.78, 5) is 0. The van der Waals surface area contributed by atoms with Crippen LogP contribution < -0.4 is 0 Å². The summed E-state index contributed by atoms with van der Waals surface area (Å²) in [6.07, 6.45) is 25.1. The van der Waals surface area contributed by atoms with Crippen molar-refractivity contribution in [3.8, 4) is 0 Å². The summed E-state index contributed by atoms with van der Waals surface area (Å²) in [5, 5.41) is 0. The lowest BCUT2D eigenvalue weighted by molar-refractivity contribution is 0.00569. The zero-order chi connectivity index (χ0) is 21.2. The molecule has 3 aliphatic carbocycles. The van der Waals surface area contributed by atoms with Gasteiger partial charge in [-0.05, 0) is 119 Å². The Morgan fingerprint density at radius 2 is 1.27 bits per heavy atom. The van der Waals surface area contributed by atoms with Crippen LogP contribution in [0.3, 0.4) is 0 Å². The number of ether oxygens (including phenoxy) is 1. The van der Waals surface area contributed by atoms with Gasteiger partial charge in [-0.3, -0.25) is 0 Å². The molecule has 1 unspecified atom stereocenters. The molecule has 30 heavy (non-hydrogen) atoms. The third kappa shape index (κ3) is 7.64. The van der Waals surface area contributed by atoms with Gasteiger partial charge in [0.05, 0.1) is 6.10 Å². The van der Waals surface area contributed by atoms with Crippen LogP contribution in [-0.4, -0.2) is 18.9 Å². The van der Waals surface area contributed by atoms with Crippen LogP contribution in [0.2, 0.25) is 0 Å². The Kier molecular flexibility index (Phi) is 10.7. The molecule has 0 spiro atoms. The van der Waals surface area contributed by atoms with E-state index < -0.39 is 6.17 Å². The maximum atomic E-state index is 13.3. The van der Waals surface area contributed by atoms with E-state index in [1.807, 2.05) is 6.92 Å². The van der Waals surface area contributed by atoms with Crippen LogP contribution in [0.25, 0.3) is 0 Å². The average Bonchev–Trinajstić information content (AvgIpc) is 2.81. The fourth-order valence-electron chi connectivity index (χ4n) is 6.76. The minimum Gasteiger partial charge on any atom is -0.378 e. The standard InChI is InChI=1S/C28H49FO/c1-3-21-30-28-19-17-26(18-20-28)25-15-13-24(14-16-25)23-11-9-22(10-12-23)7-5-6-8-27(29)4-2/h6,8,22-28H,3-5,7,9-21H2,1-2H3/b8-6+/t22-,23-,24?,25?,26?,27?,28?. The molecule has 0 aromatic rings. The number of hydrogen-bond donors (Lipinski definition) is 0. The Balaban J connectivity index is 1.29. The van der Waals surface area contributed by atoms with Gasteiger partial charge in [-0.1, -0.05) is 38.8 Å². The van der Waals surface area contributed by atoms with E-state index >= 15 is 0 Å². The van der Waals surface area contributed by atoms with Gasteiger partial charge in [0.15, 0.2) is 0 Å². The quantitative estimate of drug-likeness (QED) is 0.321. The minimum absolute atomic E-state index is 0.563. The van der Waals surface area contributed by atoms with Crippen molar-refractivity contribution < 1.29 is 9.13 Å².